The molecule has 0 bridgehead atoms. The van der Waals surface area contributed by atoms with Crippen molar-refractivity contribution < 1.29 is 23.4 Å². The predicted molar refractivity (Wildman–Crippen MR) is 132 cm³/mol. The molecule has 0 atom stereocenters. The second-order valence-electron chi connectivity index (χ2n) is 7.14. The lowest BCUT2D eigenvalue weighted by molar-refractivity contribution is -0.133. The zero-order valence-corrected chi connectivity index (χ0v) is 19.4. The first-order valence-corrected chi connectivity index (χ1v) is 12.6. The monoisotopic (exact) mass is 499 g/mol. The second-order valence-corrected chi connectivity index (χ2v) is 10.3. The average Bonchev–Trinajstić information content (AvgIpc) is 2.80. The fourth-order valence-corrected chi connectivity index (χ4v) is 5.33. The van der Waals surface area contributed by atoms with Crippen LogP contribution in [0.5, 0.6) is 5.75 Å². The largest absolute Gasteiger partial charge is 0.506 e. The molecule has 0 aliphatic rings. The van der Waals surface area contributed by atoms with Gasteiger partial charge in [0.15, 0.2) is 0 Å². The third-order valence-corrected chi connectivity index (χ3v) is 7.53. The molecule has 3 N–H and O–H groups in total. The predicted octanol–water partition coefficient (Wildman–Crippen LogP) is 5.84. The normalized spacial score (nSPS) is 11.4. The van der Waals surface area contributed by atoms with E-state index in [0.717, 1.165) is 17.3 Å². The van der Waals surface area contributed by atoms with E-state index in [-0.39, 0.29) is 27.0 Å². The van der Waals surface area contributed by atoms with Gasteiger partial charge in [0.2, 0.25) is 0 Å². The van der Waals surface area contributed by atoms with Gasteiger partial charge in [-0.1, -0.05) is 60.1 Å². The molecule has 0 aliphatic heterocycles. The Morgan fingerprint density at radius 3 is 2.30 bits per heavy atom. The fraction of sp³-hybridized carbons (Fsp3) is 0.0417. The maximum atomic E-state index is 13.2. The molecule has 0 heterocycles. The van der Waals surface area contributed by atoms with E-state index in [1.54, 1.807) is 66.7 Å². The van der Waals surface area contributed by atoms with Crippen LogP contribution in [0.1, 0.15) is 0 Å². The lowest BCUT2D eigenvalue weighted by Gasteiger charge is -2.15. The summed E-state index contributed by atoms with van der Waals surface area (Å²) in [6.07, 6.45) is 0. The summed E-state index contributed by atoms with van der Waals surface area (Å²) in [6, 6.07) is 21.8. The van der Waals surface area contributed by atoms with Gasteiger partial charge in [-0.05, 0) is 41.5 Å². The summed E-state index contributed by atoms with van der Waals surface area (Å²) in [7, 11) is -3.99. The van der Waals surface area contributed by atoms with Gasteiger partial charge in [-0.25, -0.2) is 8.42 Å². The molecule has 0 saturated carbocycles. The van der Waals surface area contributed by atoms with Crippen molar-refractivity contribution in [2.45, 2.75) is 9.79 Å². The van der Waals surface area contributed by atoms with E-state index < -0.39 is 16.0 Å². The van der Waals surface area contributed by atoms with Crippen LogP contribution in [0.4, 0.5) is 5.69 Å². The molecule has 0 amide bonds. The number of hydrogen-bond donors (Lipinski definition) is 3. The quantitative estimate of drug-likeness (QED) is 0.218. The van der Waals surface area contributed by atoms with Gasteiger partial charge in [0.1, 0.15) is 5.75 Å². The Hall–Kier alpha value is -3.20. The number of anilines is 1. The molecule has 4 aromatic rings. The molecule has 0 aromatic heterocycles. The van der Waals surface area contributed by atoms with Crippen LogP contribution in [0.25, 0.3) is 21.9 Å². The SMILES string of the molecule is O=C(O)CSc1cc(NS(=O)(=O)c2cccc(-c3ccc(Cl)cc3)c2)c2ccccc2c1O. The van der Waals surface area contributed by atoms with Gasteiger partial charge < -0.3 is 10.2 Å². The summed E-state index contributed by atoms with van der Waals surface area (Å²) in [5, 5.41) is 21.1. The zero-order valence-electron chi connectivity index (χ0n) is 17.0. The lowest BCUT2D eigenvalue weighted by atomic mass is 10.1. The van der Waals surface area contributed by atoms with Gasteiger partial charge in [-0.15, -0.1) is 11.8 Å². The van der Waals surface area contributed by atoms with Gasteiger partial charge in [-0.3, -0.25) is 9.52 Å². The topological polar surface area (TPSA) is 104 Å². The number of nitrogens with one attached hydrogen (secondary N) is 1. The maximum Gasteiger partial charge on any atom is 0.313 e. The molecule has 6 nitrogen and oxygen atoms in total. The van der Waals surface area contributed by atoms with E-state index in [9.17, 15) is 18.3 Å². The summed E-state index contributed by atoms with van der Waals surface area (Å²) >= 11 is 6.86. The molecular formula is C24H18ClNO5S2. The smallest absolute Gasteiger partial charge is 0.313 e. The van der Waals surface area contributed by atoms with Crippen LogP contribution in [0.2, 0.25) is 5.02 Å². The Balaban J connectivity index is 1.74. The van der Waals surface area contributed by atoms with E-state index in [1.807, 2.05) is 0 Å². The van der Waals surface area contributed by atoms with Gasteiger partial charge in [-0.2, -0.15) is 0 Å². The second kappa shape index (κ2) is 9.35. The molecule has 0 saturated heterocycles. The third-order valence-electron chi connectivity index (χ3n) is 4.90. The summed E-state index contributed by atoms with van der Waals surface area (Å²) in [5.74, 6) is -1.42. The number of aliphatic carboxylic acids is 1. The molecule has 168 valence electrons. The summed E-state index contributed by atoms with van der Waals surface area (Å²) in [6.45, 7) is 0. The Morgan fingerprint density at radius 1 is 0.909 bits per heavy atom. The minimum absolute atomic E-state index is 0.0619. The van der Waals surface area contributed by atoms with Crippen LogP contribution < -0.4 is 4.72 Å². The van der Waals surface area contributed by atoms with E-state index in [2.05, 4.69) is 4.72 Å². The number of thioether (sulfide) groups is 1. The molecule has 9 heteroatoms. The molecule has 0 aliphatic carbocycles. The first kappa shape index (κ1) is 23.0. The number of phenols is 1. The number of carbonyl (C=O) groups is 1. The van der Waals surface area contributed by atoms with Crippen LogP contribution in [-0.4, -0.2) is 30.4 Å². The van der Waals surface area contributed by atoms with Gasteiger partial charge >= 0.3 is 5.97 Å². The number of hydrogen-bond acceptors (Lipinski definition) is 5. The highest BCUT2D eigenvalue weighted by Gasteiger charge is 2.19. The number of fused-ring (bicyclic) bond motifs is 1. The number of carboxylic acids is 1. The minimum atomic E-state index is -3.99. The highest BCUT2D eigenvalue weighted by molar-refractivity contribution is 8.00. The first-order chi connectivity index (χ1) is 15.7. The Bertz CT molecular complexity index is 1450. The molecule has 4 aromatic carbocycles. The van der Waals surface area contributed by atoms with Crippen molar-refractivity contribution in [1.29, 1.82) is 0 Å². The van der Waals surface area contributed by atoms with Crippen molar-refractivity contribution in [1.82, 2.24) is 0 Å². The van der Waals surface area contributed by atoms with Crippen LogP contribution in [0.15, 0.2) is 88.7 Å². The van der Waals surface area contributed by atoms with Crippen molar-refractivity contribution in [3.05, 3.63) is 83.9 Å². The standard InChI is InChI=1S/C24H18ClNO5S2/c25-17-10-8-15(9-11-17)16-4-3-5-18(12-16)33(30,31)26-21-13-22(32-14-23(27)28)24(29)20-7-2-1-6-19(20)21/h1-13,26,29H,14H2,(H,27,28). The van der Waals surface area contributed by atoms with Crippen LogP contribution in [0, 0.1) is 0 Å². The van der Waals surface area contributed by atoms with E-state index in [1.165, 1.54) is 12.1 Å². The van der Waals surface area contributed by atoms with Crippen LogP contribution >= 0.6 is 23.4 Å². The van der Waals surface area contributed by atoms with E-state index >= 15 is 0 Å². The third kappa shape index (κ3) is 5.08. The molecule has 33 heavy (non-hydrogen) atoms. The summed E-state index contributed by atoms with van der Waals surface area (Å²) in [5.41, 5.74) is 1.77. The van der Waals surface area contributed by atoms with E-state index in [4.69, 9.17) is 16.7 Å². The Labute approximate surface area is 199 Å². The highest BCUT2D eigenvalue weighted by atomic mass is 35.5. The number of halogens is 1. The Morgan fingerprint density at radius 2 is 1.61 bits per heavy atom. The van der Waals surface area contributed by atoms with Crippen LogP contribution in [-0.2, 0) is 14.8 Å². The highest BCUT2D eigenvalue weighted by Crippen LogP contribution is 2.40. The fourth-order valence-electron chi connectivity index (χ4n) is 3.36. The summed E-state index contributed by atoms with van der Waals surface area (Å²) < 4.78 is 29.1. The first-order valence-electron chi connectivity index (χ1n) is 9.73. The molecule has 0 spiro atoms. The van der Waals surface area contributed by atoms with Gasteiger partial charge in [0, 0.05) is 15.8 Å². The number of benzene rings is 4. The van der Waals surface area contributed by atoms with Crippen molar-refractivity contribution >= 4 is 55.8 Å². The number of sulfonamides is 1. The number of rotatable bonds is 7. The van der Waals surface area contributed by atoms with Gasteiger partial charge in [0.05, 0.1) is 21.2 Å². The van der Waals surface area contributed by atoms with Crippen molar-refractivity contribution in [3.63, 3.8) is 0 Å². The maximum absolute atomic E-state index is 13.2. The van der Waals surface area contributed by atoms with Gasteiger partial charge in [0.25, 0.3) is 10.0 Å². The summed E-state index contributed by atoms with van der Waals surface area (Å²) in [4.78, 5) is 11.3. The lowest BCUT2D eigenvalue weighted by Crippen LogP contribution is -2.13. The van der Waals surface area contributed by atoms with Crippen molar-refractivity contribution in [3.8, 4) is 16.9 Å². The van der Waals surface area contributed by atoms with Crippen LogP contribution in [0.3, 0.4) is 0 Å². The van der Waals surface area contributed by atoms with Crippen molar-refractivity contribution in [2.24, 2.45) is 0 Å². The van der Waals surface area contributed by atoms with E-state index in [0.29, 0.717) is 21.4 Å². The Kier molecular flexibility index (Phi) is 6.51. The number of aromatic hydroxyl groups is 1. The molecule has 4 rings (SSSR count). The zero-order chi connectivity index (χ0) is 23.6. The number of carboxylic acid groups (broad SMARTS) is 1. The molecule has 0 radical (unpaired) electrons. The molecule has 0 fully saturated rings. The minimum Gasteiger partial charge on any atom is -0.506 e. The molecule has 0 unspecified atom stereocenters. The average molecular weight is 500 g/mol. The molecular weight excluding hydrogens is 482 g/mol. The van der Waals surface area contributed by atoms with Crippen molar-refractivity contribution in [2.75, 3.05) is 10.5 Å². The number of phenolic OH excluding ortho intramolecular Hbond substituents is 1.